The SMILES string of the molecule is COC(=O)[C@H](Cc1ccccc1)NC(=O)C(C)(C)NC(=O)[C@H](CC(C)C)NC(=O)C(C)(C)N. The van der Waals surface area contributed by atoms with Gasteiger partial charge in [-0.3, -0.25) is 14.4 Å². The van der Waals surface area contributed by atoms with E-state index >= 15 is 0 Å². The van der Waals surface area contributed by atoms with Gasteiger partial charge in [0.15, 0.2) is 0 Å². The molecule has 184 valence electrons. The zero-order valence-corrected chi connectivity index (χ0v) is 20.7. The Hall–Kier alpha value is -2.94. The summed E-state index contributed by atoms with van der Waals surface area (Å²) in [6.45, 7) is 9.98. The number of nitrogens with one attached hydrogen (secondary N) is 3. The van der Waals surface area contributed by atoms with Crippen LogP contribution in [0.1, 0.15) is 53.5 Å². The van der Waals surface area contributed by atoms with Crippen LogP contribution in [0.2, 0.25) is 0 Å². The van der Waals surface area contributed by atoms with Crippen molar-refractivity contribution in [3.8, 4) is 0 Å². The lowest BCUT2D eigenvalue weighted by Crippen LogP contribution is -2.62. The normalized spacial score (nSPS) is 13.6. The molecule has 9 nitrogen and oxygen atoms in total. The minimum absolute atomic E-state index is 0.105. The van der Waals surface area contributed by atoms with Crippen LogP contribution in [0.15, 0.2) is 30.3 Å². The highest BCUT2D eigenvalue weighted by molar-refractivity contribution is 5.96. The van der Waals surface area contributed by atoms with Crippen LogP contribution in [-0.4, -0.2) is 54.0 Å². The van der Waals surface area contributed by atoms with Crippen molar-refractivity contribution in [2.24, 2.45) is 11.7 Å². The maximum Gasteiger partial charge on any atom is 0.328 e. The number of benzene rings is 1. The van der Waals surface area contributed by atoms with Gasteiger partial charge in [0.1, 0.15) is 17.6 Å². The van der Waals surface area contributed by atoms with Crippen LogP contribution < -0.4 is 21.7 Å². The van der Waals surface area contributed by atoms with E-state index < -0.39 is 46.9 Å². The lowest BCUT2D eigenvalue weighted by Gasteiger charge is -2.31. The number of nitrogens with two attached hydrogens (primary N) is 1. The molecule has 0 heterocycles. The summed E-state index contributed by atoms with van der Waals surface area (Å²) in [5.41, 5.74) is 4.17. The number of ether oxygens (including phenoxy) is 1. The van der Waals surface area contributed by atoms with Gasteiger partial charge in [0.2, 0.25) is 17.7 Å². The van der Waals surface area contributed by atoms with Crippen molar-refractivity contribution in [1.82, 2.24) is 16.0 Å². The van der Waals surface area contributed by atoms with E-state index in [1.165, 1.54) is 21.0 Å². The second-order valence-electron chi connectivity index (χ2n) is 9.73. The van der Waals surface area contributed by atoms with E-state index in [-0.39, 0.29) is 12.3 Å². The Bertz CT molecular complexity index is 831. The van der Waals surface area contributed by atoms with E-state index in [4.69, 9.17) is 10.5 Å². The van der Waals surface area contributed by atoms with E-state index in [0.29, 0.717) is 6.42 Å². The Morgan fingerprint density at radius 3 is 1.97 bits per heavy atom. The molecule has 0 spiro atoms. The molecular formula is C24H38N4O5. The van der Waals surface area contributed by atoms with Crippen LogP contribution in [0.4, 0.5) is 0 Å². The number of hydrogen-bond donors (Lipinski definition) is 4. The van der Waals surface area contributed by atoms with E-state index in [1.807, 2.05) is 44.2 Å². The Kier molecular flexibility index (Phi) is 10.0. The quantitative estimate of drug-likeness (QED) is 0.363. The van der Waals surface area contributed by atoms with Gasteiger partial charge in [-0.25, -0.2) is 4.79 Å². The lowest BCUT2D eigenvalue weighted by molar-refractivity contribution is -0.146. The molecule has 0 saturated carbocycles. The molecule has 2 atom stereocenters. The summed E-state index contributed by atoms with van der Waals surface area (Å²) in [6, 6.07) is 7.41. The first-order valence-corrected chi connectivity index (χ1v) is 11.0. The van der Waals surface area contributed by atoms with Gasteiger partial charge in [0.25, 0.3) is 0 Å². The average molecular weight is 463 g/mol. The molecule has 3 amide bonds. The van der Waals surface area contributed by atoms with Crippen molar-refractivity contribution >= 4 is 23.7 Å². The fraction of sp³-hybridized carbons (Fsp3) is 0.583. The Balaban J connectivity index is 2.95. The van der Waals surface area contributed by atoms with Gasteiger partial charge in [-0.1, -0.05) is 44.2 Å². The number of amides is 3. The molecule has 1 aromatic carbocycles. The van der Waals surface area contributed by atoms with Crippen LogP contribution >= 0.6 is 0 Å². The van der Waals surface area contributed by atoms with Gasteiger partial charge in [-0.15, -0.1) is 0 Å². The van der Waals surface area contributed by atoms with Crippen LogP contribution in [-0.2, 0) is 30.3 Å². The van der Waals surface area contributed by atoms with Crippen molar-refractivity contribution in [1.29, 1.82) is 0 Å². The minimum atomic E-state index is -1.36. The molecule has 33 heavy (non-hydrogen) atoms. The zero-order valence-electron chi connectivity index (χ0n) is 20.7. The first kappa shape index (κ1) is 28.1. The molecule has 0 aliphatic rings. The number of rotatable bonds is 11. The fourth-order valence-electron chi connectivity index (χ4n) is 3.02. The summed E-state index contributed by atoms with van der Waals surface area (Å²) >= 11 is 0. The van der Waals surface area contributed by atoms with Gasteiger partial charge < -0.3 is 26.4 Å². The summed E-state index contributed by atoms with van der Waals surface area (Å²) < 4.78 is 4.84. The molecule has 0 aliphatic heterocycles. The molecule has 1 rings (SSSR count). The van der Waals surface area contributed by atoms with Crippen molar-refractivity contribution in [3.05, 3.63) is 35.9 Å². The highest BCUT2D eigenvalue weighted by Crippen LogP contribution is 2.12. The highest BCUT2D eigenvalue weighted by atomic mass is 16.5. The summed E-state index contributed by atoms with van der Waals surface area (Å²) in [4.78, 5) is 50.6. The van der Waals surface area contributed by atoms with Crippen molar-refractivity contribution in [3.63, 3.8) is 0 Å². The van der Waals surface area contributed by atoms with Gasteiger partial charge in [-0.05, 0) is 45.6 Å². The highest BCUT2D eigenvalue weighted by Gasteiger charge is 2.36. The molecule has 0 saturated heterocycles. The first-order chi connectivity index (χ1) is 15.2. The number of esters is 1. The van der Waals surface area contributed by atoms with Crippen molar-refractivity contribution in [2.45, 2.75) is 77.5 Å². The molecular weight excluding hydrogens is 424 g/mol. The molecule has 0 unspecified atom stereocenters. The maximum atomic E-state index is 13.0. The van der Waals surface area contributed by atoms with Gasteiger partial charge in [0, 0.05) is 6.42 Å². The van der Waals surface area contributed by atoms with Gasteiger partial charge in [-0.2, -0.15) is 0 Å². The molecule has 0 aromatic heterocycles. The third kappa shape index (κ3) is 9.21. The summed E-state index contributed by atoms with van der Waals surface area (Å²) in [5.74, 6) is -2.04. The third-order valence-corrected chi connectivity index (χ3v) is 4.99. The lowest BCUT2D eigenvalue weighted by atomic mass is 9.97. The topological polar surface area (TPSA) is 140 Å². The fourth-order valence-corrected chi connectivity index (χ4v) is 3.02. The maximum absolute atomic E-state index is 13.0. The summed E-state index contributed by atoms with van der Waals surface area (Å²) in [7, 11) is 1.25. The largest absolute Gasteiger partial charge is 0.467 e. The number of carbonyl (C=O) groups is 4. The molecule has 9 heteroatoms. The van der Waals surface area contributed by atoms with Crippen LogP contribution in [0.5, 0.6) is 0 Å². The molecule has 0 fully saturated rings. The standard InChI is InChI=1S/C24H38N4O5/c1-15(2)13-17(26-21(31)23(3,4)25)19(29)28-24(5,6)22(32)27-18(20(30)33-7)14-16-11-9-8-10-12-16/h8-12,15,17-18H,13-14,25H2,1-7H3,(H,26,31)(H,27,32)(H,28,29)/t17-,18-/m0/s1. The Labute approximate surface area is 196 Å². The van der Waals surface area contributed by atoms with Crippen molar-refractivity contribution < 1.29 is 23.9 Å². The molecule has 0 aliphatic carbocycles. The molecule has 0 bridgehead atoms. The molecule has 5 N–H and O–H groups in total. The predicted octanol–water partition coefficient (Wildman–Crippen LogP) is 1.05. The van der Waals surface area contributed by atoms with E-state index in [0.717, 1.165) is 5.56 Å². The Morgan fingerprint density at radius 1 is 0.939 bits per heavy atom. The first-order valence-electron chi connectivity index (χ1n) is 11.0. The van der Waals surface area contributed by atoms with E-state index in [1.54, 1.807) is 13.8 Å². The summed E-state index contributed by atoms with van der Waals surface area (Å²) in [6.07, 6.45) is 0.602. The van der Waals surface area contributed by atoms with Crippen LogP contribution in [0.25, 0.3) is 0 Å². The molecule has 0 radical (unpaired) electrons. The predicted molar refractivity (Wildman–Crippen MR) is 126 cm³/mol. The second-order valence-corrected chi connectivity index (χ2v) is 9.73. The molecule has 1 aromatic rings. The smallest absolute Gasteiger partial charge is 0.328 e. The van der Waals surface area contributed by atoms with E-state index in [2.05, 4.69) is 16.0 Å². The van der Waals surface area contributed by atoms with Gasteiger partial charge >= 0.3 is 5.97 Å². The number of hydrogen-bond acceptors (Lipinski definition) is 6. The van der Waals surface area contributed by atoms with Crippen LogP contribution in [0.3, 0.4) is 0 Å². The number of carbonyl (C=O) groups excluding carboxylic acids is 4. The van der Waals surface area contributed by atoms with Crippen LogP contribution in [0, 0.1) is 5.92 Å². The zero-order chi connectivity index (χ0) is 25.4. The van der Waals surface area contributed by atoms with Gasteiger partial charge in [0.05, 0.1) is 12.6 Å². The van der Waals surface area contributed by atoms with Crippen molar-refractivity contribution in [2.75, 3.05) is 7.11 Å². The second kappa shape index (κ2) is 11.8. The third-order valence-electron chi connectivity index (χ3n) is 4.99. The Morgan fingerprint density at radius 2 is 1.48 bits per heavy atom. The van der Waals surface area contributed by atoms with E-state index in [9.17, 15) is 19.2 Å². The summed E-state index contributed by atoms with van der Waals surface area (Å²) in [5, 5.41) is 8.03. The monoisotopic (exact) mass is 462 g/mol. The number of methoxy groups -OCH3 is 1. The minimum Gasteiger partial charge on any atom is -0.467 e. The average Bonchev–Trinajstić information content (AvgIpc) is 2.71.